The molecule has 122 valence electrons. The third-order valence-corrected chi connectivity index (χ3v) is 4.64. The van der Waals surface area contributed by atoms with E-state index in [9.17, 15) is 0 Å². The van der Waals surface area contributed by atoms with Gasteiger partial charge in [0, 0.05) is 50.9 Å². The van der Waals surface area contributed by atoms with Crippen molar-refractivity contribution in [1.29, 1.82) is 0 Å². The highest BCUT2D eigenvalue weighted by molar-refractivity contribution is 5.57. The first-order valence-corrected chi connectivity index (χ1v) is 8.00. The maximum Gasteiger partial charge on any atom is 0.321 e. The number of hydrogen-bond acceptors (Lipinski definition) is 7. The summed E-state index contributed by atoms with van der Waals surface area (Å²) in [6, 6.07) is 8.64. The van der Waals surface area contributed by atoms with Gasteiger partial charge in [0.2, 0.25) is 5.82 Å². The fourth-order valence-electron chi connectivity index (χ4n) is 3.30. The van der Waals surface area contributed by atoms with E-state index in [-0.39, 0.29) is 0 Å². The summed E-state index contributed by atoms with van der Waals surface area (Å²) in [4.78, 5) is 9.48. The van der Waals surface area contributed by atoms with Gasteiger partial charge in [-0.25, -0.2) is 0 Å². The molecule has 0 amide bonds. The highest BCUT2D eigenvalue weighted by atomic mass is 16.5. The second-order valence-corrected chi connectivity index (χ2v) is 6.03. The third-order valence-electron chi connectivity index (χ3n) is 4.64. The molecule has 3 saturated heterocycles. The monoisotopic (exact) mass is 315 g/mol. The maximum atomic E-state index is 5.32. The van der Waals surface area contributed by atoms with E-state index in [1.54, 1.807) is 7.11 Å². The Morgan fingerprint density at radius 3 is 2.91 bits per heavy atom. The van der Waals surface area contributed by atoms with Gasteiger partial charge in [0.15, 0.2) is 0 Å². The Morgan fingerprint density at radius 2 is 2.17 bits per heavy atom. The Bertz CT molecular complexity index is 666. The van der Waals surface area contributed by atoms with Gasteiger partial charge in [-0.15, -0.1) is 0 Å². The fourth-order valence-corrected chi connectivity index (χ4v) is 3.30. The number of ether oxygens (including phenoxy) is 1. The van der Waals surface area contributed by atoms with Crippen LogP contribution in [0.4, 0.5) is 6.01 Å². The third kappa shape index (κ3) is 3.02. The Hall–Kier alpha value is -2.12. The normalized spacial score (nSPS) is 26.2. The lowest BCUT2D eigenvalue weighted by Crippen LogP contribution is -2.62. The molecule has 7 nitrogen and oxygen atoms in total. The van der Waals surface area contributed by atoms with Gasteiger partial charge in [-0.3, -0.25) is 9.80 Å². The molecule has 0 aliphatic carbocycles. The lowest BCUT2D eigenvalue weighted by molar-refractivity contribution is 0.0187. The molecule has 0 radical (unpaired) electrons. The fraction of sp³-hybridized carbons (Fsp3) is 0.500. The molecule has 1 unspecified atom stereocenters. The number of methoxy groups -OCH3 is 1. The molecular formula is C16H21N5O2. The standard InChI is InChI=1S/C16H21N5O2/c1-22-14-4-2-3-12(9-14)15-18-16(23-19-15)17-10-13-11-20-5-7-21(13)8-6-20/h2-4,9,13H,5-8,10-11H2,1H3,(H,17,18,19). The van der Waals surface area contributed by atoms with Crippen molar-refractivity contribution in [3.8, 4) is 17.1 Å². The molecule has 5 rings (SSSR count). The number of nitrogens with zero attached hydrogens (tertiary/aromatic N) is 4. The number of aromatic nitrogens is 2. The first kappa shape index (κ1) is 14.5. The van der Waals surface area contributed by atoms with Crippen LogP contribution in [0.1, 0.15) is 0 Å². The zero-order valence-electron chi connectivity index (χ0n) is 13.2. The van der Waals surface area contributed by atoms with Gasteiger partial charge in [-0.05, 0) is 12.1 Å². The highest BCUT2D eigenvalue weighted by Crippen LogP contribution is 2.22. The summed E-state index contributed by atoms with van der Waals surface area (Å²) < 4.78 is 10.5. The first-order valence-electron chi connectivity index (χ1n) is 8.00. The van der Waals surface area contributed by atoms with Crippen molar-refractivity contribution in [2.45, 2.75) is 6.04 Å². The summed E-state index contributed by atoms with van der Waals surface area (Å²) in [5.74, 6) is 1.35. The minimum Gasteiger partial charge on any atom is -0.497 e. The van der Waals surface area contributed by atoms with Gasteiger partial charge in [0.05, 0.1) is 7.11 Å². The van der Waals surface area contributed by atoms with E-state index in [1.165, 1.54) is 13.1 Å². The second kappa shape index (κ2) is 6.17. The number of rotatable bonds is 5. The average Bonchev–Trinajstić information content (AvgIpc) is 3.10. The molecule has 7 heteroatoms. The van der Waals surface area contributed by atoms with Crippen LogP contribution in [0.15, 0.2) is 28.8 Å². The summed E-state index contributed by atoms with van der Waals surface area (Å²) in [6.45, 7) is 6.64. The predicted octanol–water partition coefficient (Wildman–Crippen LogP) is 1.16. The number of fused-ring (bicyclic) bond motifs is 3. The van der Waals surface area contributed by atoms with Crippen molar-refractivity contribution in [2.24, 2.45) is 0 Å². The van der Waals surface area contributed by atoms with Gasteiger partial charge in [-0.1, -0.05) is 17.3 Å². The van der Waals surface area contributed by atoms with Crippen LogP contribution >= 0.6 is 0 Å². The van der Waals surface area contributed by atoms with Crippen molar-refractivity contribution < 1.29 is 9.26 Å². The zero-order chi connectivity index (χ0) is 15.6. The van der Waals surface area contributed by atoms with Crippen molar-refractivity contribution in [2.75, 3.05) is 51.7 Å². The Kier molecular flexibility index (Phi) is 3.88. The van der Waals surface area contributed by atoms with Crippen LogP contribution in [0.3, 0.4) is 0 Å². The molecule has 1 aromatic heterocycles. The first-order chi connectivity index (χ1) is 11.3. The molecule has 1 aromatic carbocycles. The lowest BCUT2D eigenvalue weighted by atomic mass is 10.1. The lowest BCUT2D eigenvalue weighted by Gasteiger charge is -2.47. The molecule has 2 aromatic rings. The van der Waals surface area contributed by atoms with E-state index in [2.05, 4.69) is 25.3 Å². The molecular weight excluding hydrogens is 294 g/mol. The van der Waals surface area contributed by atoms with Crippen LogP contribution in [-0.2, 0) is 0 Å². The van der Waals surface area contributed by atoms with E-state index >= 15 is 0 Å². The molecule has 4 heterocycles. The molecule has 3 aliphatic heterocycles. The SMILES string of the molecule is COc1cccc(-c2noc(NCC3CN4CCN3CC4)n2)c1. The predicted molar refractivity (Wildman–Crippen MR) is 86.6 cm³/mol. The van der Waals surface area contributed by atoms with E-state index in [4.69, 9.17) is 9.26 Å². The molecule has 0 saturated carbocycles. The number of piperazine rings is 3. The molecule has 2 bridgehead atoms. The van der Waals surface area contributed by atoms with Crippen LogP contribution < -0.4 is 10.1 Å². The summed E-state index contributed by atoms with van der Waals surface area (Å²) in [7, 11) is 1.64. The van der Waals surface area contributed by atoms with E-state index < -0.39 is 0 Å². The van der Waals surface area contributed by atoms with Gasteiger partial charge in [-0.2, -0.15) is 4.98 Å². The molecule has 3 fully saturated rings. The molecule has 0 spiro atoms. The van der Waals surface area contributed by atoms with Crippen LogP contribution in [-0.4, -0.2) is 72.4 Å². The van der Waals surface area contributed by atoms with Crippen molar-refractivity contribution >= 4 is 6.01 Å². The van der Waals surface area contributed by atoms with Crippen molar-refractivity contribution in [3.63, 3.8) is 0 Å². The van der Waals surface area contributed by atoms with Gasteiger partial charge in [0.1, 0.15) is 5.75 Å². The summed E-state index contributed by atoms with van der Waals surface area (Å²) in [5, 5.41) is 7.32. The van der Waals surface area contributed by atoms with Crippen LogP contribution in [0.2, 0.25) is 0 Å². The topological polar surface area (TPSA) is 66.7 Å². The second-order valence-electron chi connectivity index (χ2n) is 6.03. The van der Waals surface area contributed by atoms with E-state index in [0.29, 0.717) is 17.9 Å². The summed E-state index contributed by atoms with van der Waals surface area (Å²) >= 11 is 0. The Balaban J connectivity index is 1.40. The Labute approximate surface area is 135 Å². The van der Waals surface area contributed by atoms with E-state index in [1.807, 2.05) is 24.3 Å². The van der Waals surface area contributed by atoms with Crippen LogP contribution in [0, 0.1) is 0 Å². The largest absolute Gasteiger partial charge is 0.497 e. The van der Waals surface area contributed by atoms with Gasteiger partial charge < -0.3 is 14.6 Å². The van der Waals surface area contributed by atoms with Gasteiger partial charge >= 0.3 is 6.01 Å². The van der Waals surface area contributed by atoms with Gasteiger partial charge in [0.25, 0.3) is 0 Å². The van der Waals surface area contributed by atoms with Crippen molar-refractivity contribution in [1.82, 2.24) is 19.9 Å². The minimum absolute atomic E-state index is 0.473. The summed E-state index contributed by atoms with van der Waals surface area (Å²) in [6.07, 6.45) is 0. The van der Waals surface area contributed by atoms with E-state index in [0.717, 1.165) is 37.5 Å². The maximum absolute atomic E-state index is 5.32. The Morgan fingerprint density at radius 1 is 1.30 bits per heavy atom. The number of nitrogens with one attached hydrogen (secondary N) is 1. The van der Waals surface area contributed by atoms with Crippen molar-refractivity contribution in [3.05, 3.63) is 24.3 Å². The number of benzene rings is 1. The highest BCUT2D eigenvalue weighted by Gasteiger charge is 2.31. The smallest absolute Gasteiger partial charge is 0.321 e. The van der Waals surface area contributed by atoms with Crippen LogP contribution in [0.5, 0.6) is 5.75 Å². The zero-order valence-corrected chi connectivity index (χ0v) is 13.2. The minimum atomic E-state index is 0.473. The molecule has 1 atom stereocenters. The average molecular weight is 315 g/mol. The summed E-state index contributed by atoms with van der Waals surface area (Å²) in [5.41, 5.74) is 0.882. The quantitative estimate of drug-likeness (QED) is 0.888. The number of anilines is 1. The van der Waals surface area contributed by atoms with Crippen LogP contribution in [0.25, 0.3) is 11.4 Å². The molecule has 3 aliphatic rings. The number of hydrogen-bond donors (Lipinski definition) is 1. The molecule has 1 N–H and O–H groups in total. The molecule has 23 heavy (non-hydrogen) atoms.